The van der Waals surface area contributed by atoms with Crippen LogP contribution in [0.1, 0.15) is 18.4 Å². The molecule has 1 spiro atoms. The lowest BCUT2D eigenvalue weighted by Gasteiger charge is -2.22. The number of rotatable bonds is 4. The number of halogens is 4. The third-order valence-electron chi connectivity index (χ3n) is 5.72. The van der Waals surface area contributed by atoms with Gasteiger partial charge in [0.05, 0.1) is 16.2 Å². The van der Waals surface area contributed by atoms with Gasteiger partial charge in [-0.1, -0.05) is 17.7 Å². The van der Waals surface area contributed by atoms with Crippen LogP contribution in [0.5, 0.6) is 0 Å². The van der Waals surface area contributed by atoms with Crippen LogP contribution in [0.2, 0.25) is 5.02 Å². The van der Waals surface area contributed by atoms with E-state index in [2.05, 4.69) is 4.98 Å². The first kappa shape index (κ1) is 21.1. The van der Waals surface area contributed by atoms with E-state index in [1.165, 1.54) is 29.2 Å². The molecule has 2 aromatic carbocycles. The Labute approximate surface area is 190 Å². The van der Waals surface area contributed by atoms with E-state index in [9.17, 15) is 22.8 Å². The Morgan fingerprint density at radius 1 is 1.06 bits per heavy atom. The first-order chi connectivity index (χ1) is 15.2. The zero-order valence-corrected chi connectivity index (χ0v) is 18.0. The van der Waals surface area contributed by atoms with Gasteiger partial charge in [0, 0.05) is 23.0 Å². The van der Waals surface area contributed by atoms with E-state index in [-0.39, 0.29) is 34.8 Å². The number of carbonyl (C=O) groups excluding carboxylic acids is 2. The van der Waals surface area contributed by atoms with Crippen LogP contribution in [0.3, 0.4) is 0 Å². The average molecular weight is 478 g/mol. The molecule has 2 heterocycles. The fraction of sp³-hybridized carbons (Fsp3) is 0.227. The number of thioether (sulfide) groups is 1. The Bertz CT molecular complexity index is 1240. The lowest BCUT2D eigenvalue weighted by Crippen LogP contribution is -2.36. The zero-order valence-electron chi connectivity index (χ0n) is 16.4. The van der Waals surface area contributed by atoms with Crippen LogP contribution < -0.4 is 4.90 Å². The van der Waals surface area contributed by atoms with E-state index in [1.807, 2.05) is 6.07 Å². The minimum atomic E-state index is -4.41. The summed E-state index contributed by atoms with van der Waals surface area (Å²) in [5.41, 5.74) is -3.63. The van der Waals surface area contributed by atoms with E-state index in [0.29, 0.717) is 23.4 Å². The van der Waals surface area contributed by atoms with Gasteiger partial charge >= 0.3 is 11.5 Å². The van der Waals surface area contributed by atoms with Gasteiger partial charge < -0.3 is 4.90 Å². The Morgan fingerprint density at radius 2 is 1.78 bits per heavy atom. The summed E-state index contributed by atoms with van der Waals surface area (Å²) in [6.07, 6.45) is 2.70. The number of hydrogen-bond donors (Lipinski definition) is 0. The van der Waals surface area contributed by atoms with Gasteiger partial charge in [-0.3, -0.25) is 9.78 Å². The maximum atomic E-state index is 13.3. The summed E-state index contributed by atoms with van der Waals surface area (Å²) in [6, 6.07) is 11.9. The van der Waals surface area contributed by atoms with Crippen molar-refractivity contribution in [2.24, 2.45) is 0 Å². The highest BCUT2D eigenvalue weighted by Crippen LogP contribution is 2.50. The Hall–Kier alpha value is -2.78. The smallest absolute Gasteiger partial charge is 0.305 e. The summed E-state index contributed by atoms with van der Waals surface area (Å²) >= 11 is 6.13. The molecule has 1 saturated heterocycles. The van der Waals surface area contributed by atoms with E-state index in [0.717, 1.165) is 15.8 Å². The number of pyridine rings is 1. The Kier molecular flexibility index (Phi) is 4.86. The molecule has 3 amide bonds. The predicted octanol–water partition coefficient (Wildman–Crippen LogP) is 6.00. The molecule has 0 radical (unpaired) electrons. The molecule has 0 bridgehead atoms. The second kappa shape index (κ2) is 7.38. The topological polar surface area (TPSA) is 53.5 Å². The largest absolute Gasteiger partial charge is 0.446 e. The number of anilines is 1. The molecule has 1 saturated carbocycles. The maximum absolute atomic E-state index is 13.3. The van der Waals surface area contributed by atoms with Crippen molar-refractivity contribution in [2.45, 2.75) is 35.3 Å². The van der Waals surface area contributed by atoms with Crippen LogP contribution in [0.4, 0.5) is 23.7 Å². The molecular formula is C22H15ClF3N3O2S. The molecule has 32 heavy (non-hydrogen) atoms. The Morgan fingerprint density at radius 3 is 2.44 bits per heavy atom. The van der Waals surface area contributed by atoms with Gasteiger partial charge in [-0.25, -0.2) is 9.69 Å². The molecule has 1 aliphatic heterocycles. The SMILES string of the molecule is O=C1N(c2ccc(SC(F)(F)F)cc2)C(=O)C2(CC2)N1Cc1ccnc2cccc(Cl)c12. The van der Waals surface area contributed by atoms with Crippen molar-refractivity contribution in [3.8, 4) is 0 Å². The van der Waals surface area contributed by atoms with Gasteiger partial charge in [0.15, 0.2) is 0 Å². The van der Waals surface area contributed by atoms with E-state index in [4.69, 9.17) is 11.6 Å². The summed E-state index contributed by atoms with van der Waals surface area (Å²) in [4.78, 5) is 33.4. The quantitative estimate of drug-likeness (QED) is 0.341. The van der Waals surface area contributed by atoms with Crippen molar-refractivity contribution in [3.05, 3.63) is 65.3 Å². The first-order valence-corrected chi connectivity index (χ1v) is 10.9. The summed E-state index contributed by atoms with van der Waals surface area (Å²) < 4.78 is 37.8. The number of aromatic nitrogens is 1. The molecule has 0 atom stereocenters. The van der Waals surface area contributed by atoms with Crippen molar-refractivity contribution in [3.63, 3.8) is 0 Å². The van der Waals surface area contributed by atoms with Gasteiger partial charge in [0.2, 0.25) is 0 Å². The number of hydrogen-bond acceptors (Lipinski definition) is 4. The highest BCUT2D eigenvalue weighted by Gasteiger charge is 2.65. The fourth-order valence-electron chi connectivity index (χ4n) is 4.09. The normalized spacial score (nSPS) is 17.6. The average Bonchev–Trinajstić information content (AvgIpc) is 3.51. The molecule has 3 aromatic rings. The molecule has 1 aromatic heterocycles. The third kappa shape index (κ3) is 3.49. The standard InChI is InChI=1S/C22H15ClF3N3O2S/c23-16-2-1-3-17-18(16)13(8-11-27-17)12-28-20(31)29(19(30)21(28)9-10-21)14-4-6-15(7-5-14)32-22(24,25)26/h1-8,11H,9-10,12H2. The van der Waals surface area contributed by atoms with Crippen molar-refractivity contribution in [2.75, 3.05) is 4.90 Å². The Balaban J connectivity index is 1.47. The van der Waals surface area contributed by atoms with Crippen LogP contribution in [0.25, 0.3) is 10.9 Å². The molecule has 5 rings (SSSR count). The number of amides is 3. The van der Waals surface area contributed by atoms with Crippen LogP contribution in [-0.4, -0.2) is 32.9 Å². The minimum Gasteiger partial charge on any atom is -0.305 e. The second-order valence-electron chi connectivity index (χ2n) is 7.69. The monoisotopic (exact) mass is 477 g/mol. The number of benzene rings is 2. The van der Waals surface area contributed by atoms with Gasteiger partial charge in [0.25, 0.3) is 5.91 Å². The van der Waals surface area contributed by atoms with E-state index >= 15 is 0 Å². The third-order valence-corrected chi connectivity index (χ3v) is 6.78. The lowest BCUT2D eigenvalue weighted by atomic mass is 10.1. The number of urea groups is 1. The highest BCUT2D eigenvalue weighted by molar-refractivity contribution is 8.00. The summed E-state index contributed by atoms with van der Waals surface area (Å²) in [6.45, 7) is 0.172. The molecule has 2 aliphatic rings. The number of nitrogens with zero attached hydrogens (tertiary/aromatic N) is 3. The van der Waals surface area contributed by atoms with Crippen LogP contribution in [0, 0.1) is 0 Å². The van der Waals surface area contributed by atoms with Crippen LogP contribution >= 0.6 is 23.4 Å². The molecule has 10 heteroatoms. The van der Waals surface area contributed by atoms with Crippen molar-refractivity contribution in [1.82, 2.24) is 9.88 Å². The number of fused-ring (bicyclic) bond motifs is 1. The maximum Gasteiger partial charge on any atom is 0.446 e. The number of alkyl halides is 3. The summed E-state index contributed by atoms with van der Waals surface area (Å²) in [7, 11) is 0. The molecule has 2 fully saturated rings. The minimum absolute atomic E-state index is 0.0174. The number of carbonyl (C=O) groups is 2. The zero-order chi connectivity index (χ0) is 22.7. The van der Waals surface area contributed by atoms with Crippen molar-refractivity contribution < 1.29 is 22.8 Å². The van der Waals surface area contributed by atoms with Gasteiger partial charge in [-0.2, -0.15) is 13.2 Å². The lowest BCUT2D eigenvalue weighted by molar-refractivity contribution is -0.120. The van der Waals surface area contributed by atoms with Crippen molar-refractivity contribution in [1.29, 1.82) is 0 Å². The molecule has 0 N–H and O–H groups in total. The van der Waals surface area contributed by atoms with Gasteiger partial charge in [0.1, 0.15) is 5.54 Å². The summed E-state index contributed by atoms with van der Waals surface area (Å²) in [5, 5.41) is 1.22. The van der Waals surface area contributed by atoms with E-state index in [1.54, 1.807) is 24.4 Å². The molecule has 0 unspecified atom stereocenters. The molecular weight excluding hydrogens is 463 g/mol. The van der Waals surface area contributed by atoms with Crippen LogP contribution in [0.15, 0.2) is 59.6 Å². The number of imide groups is 1. The molecule has 1 aliphatic carbocycles. The van der Waals surface area contributed by atoms with Gasteiger partial charge in [-0.15, -0.1) is 0 Å². The fourth-order valence-corrected chi connectivity index (χ4v) is 4.92. The predicted molar refractivity (Wildman–Crippen MR) is 115 cm³/mol. The highest BCUT2D eigenvalue weighted by atomic mass is 35.5. The van der Waals surface area contributed by atoms with E-state index < -0.39 is 17.1 Å². The second-order valence-corrected chi connectivity index (χ2v) is 9.23. The molecule has 164 valence electrons. The van der Waals surface area contributed by atoms with Crippen LogP contribution in [-0.2, 0) is 11.3 Å². The van der Waals surface area contributed by atoms with Gasteiger partial charge in [-0.05, 0) is 72.6 Å². The molecule has 5 nitrogen and oxygen atoms in total. The van der Waals surface area contributed by atoms with Crippen molar-refractivity contribution >= 4 is 51.9 Å². The summed E-state index contributed by atoms with van der Waals surface area (Å²) in [5.74, 6) is -0.358. The first-order valence-electron chi connectivity index (χ1n) is 9.74.